The Morgan fingerprint density at radius 2 is 2.00 bits per heavy atom. The molecule has 7 nitrogen and oxygen atoms in total. The summed E-state index contributed by atoms with van der Waals surface area (Å²) in [4.78, 5) is 38.0. The summed E-state index contributed by atoms with van der Waals surface area (Å²) < 4.78 is 3.03. The zero-order valence-corrected chi connectivity index (χ0v) is 16.4. The van der Waals surface area contributed by atoms with Gasteiger partial charge in [-0.05, 0) is 43.7 Å². The molecule has 3 aromatic heterocycles. The first-order valence-electron chi connectivity index (χ1n) is 10.3. The van der Waals surface area contributed by atoms with E-state index in [9.17, 15) is 9.59 Å². The molecule has 148 valence electrons. The SMILES string of the molecule is CCCn1c(=O)c2[nH]c(C3CCCC3)nc2n(CCCc2cccnc2)c1=O. The molecule has 0 atom stereocenters. The van der Waals surface area contributed by atoms with Crippen LogP contribution in [0.25, 0.3) is 11.2 Å². The Hall–Kier alpha value is -2.70. The van der Waals surface area contributed by atoms with Crippen molar-refractivity contribution < 1.29 is 0 Å². The Labute approximate surface area is 163 Å². The van der Waals surface area contributed by atoms with E-state index < -0.39 is 0 Å². The van der Waals surface area contributed by atoms with Crippen LogP contribution in [0.1, 0.15) is 62.8 Å². The van der Waals surface area contributed by atoms with Gasteiger partial charge in [-0.25, -0.2) is 9.78 Å². The highest BCUT2D eigenvalue weighted by atomic mass is 16.2. The summed E-state index contributed by atoms with van der Waals surface area (Å²) in [6, 6.07) is 3.96. The molecule has 7 heteroatoms. The Bertz CT molecular complexity index is 1060. The summed E-state index contributed by atoms with van der Waals surface area (Å²) in [5, 5.41) is 0. The van der Waals surface area contributed by atoms with E-state index in [1.165, 1.54) is 17.4 Å². The van der Waals surface area contributed by atoms with E-state index >= 15 is 0 Å². The van der Waals surface area contributed by atoms with Gasteiger partial charge in [-0.15, -0.1) is 0 Å². The second-order valence-corrected chi connectivity index (χ2v) is 7.66. The van der Waals surface area contributed by atoms with Crippen LogP contribution in [-0.4, -0.2) is 24.1 Å². The molecule has 4 rings (SSSR count). The second kappa shape index (κ2) is 8.12. The first-order chi connectivity index (χ1) is 13.7. The molecule has 1 fully saturated rings. The van der Waals surface area contributed by atoms with Gasteiger partial charge in [0, 0.05) is 31.4 Å². The van der Waals surface area contributed by atoms with Gasteiger partial charge in [0.25, 0.3) is 5.56 Å². The van der Waals surface area contributed by atoms with Crippen LogP contribution in [0.15, 0.2) is 34.1 Å². The van der Waals surface area contributed by atoms with Crippen LogP contribution in [0.5, 0.6) is 0 Å². The van der Waals surface area contributed by atoms with Crippen LogP contribution in [0.4, 0.5) is 0 Å². The predicted molar refractivity (Wildman–Crippen MR) is 109 cm³/mol. The van der Waals surface area contributed by atoms with Gasteiger partial charge in [-0.1, -0.05) is 25.8 Å². The number of hydrogen-bond donors (Lipinski definition) is 1. The number of imidazole rings is 1. The molecule has 1 aliphatic carbocycles. The zero-order valence-electron chi connectivity index (χ0n) is 16.4. The van der Waals surface area contributed by atoms with Gasteiger partial charge < -0.3 is 4.98 Å². The first kappa shape index (κ1) is 18.7. The standard InChI is InChI=1S/C21H27N5O2/c1-2-12-26-20(27)17-19(24-18(23-17)16-9-3-4-10-16)25(21(26)28)13-6-8-15-7-5-11-22-14-15/h5,7,11,14,16H,2-4,6,8-10,12-13H2,1H3,(H,23,24). The lowest BCUT2D eigenvalue weighted by atomic mass is 10.1. The zero-order chi connectivity index (χ0) is 19.5. The van der Waals surface area contributed by atoms with E-state index in [0.29, 0.717) is 30.2 Å². The highest BCUT2D eigenvalue weighted by molar-refractivity contribution is 5.70. The normalized spacial score (nSPS) is 14.9. The Morgan fingerprint density at radius 3 is 2.71 bits per heavy atom. The summed E-state index contributed by atoms with van der Waals surface area (Å²) in [6.07, 6.45) is 10.5. The predicted octanol–water partition coefficient (Wildman–Crippen LogP) is 2.98. The molecule has 3 heterocycles. The molecule has 0 spiro atoms. The number of nitrogens with one attached hydrogen (secondary N) is 1. The third-order valence-electron chi connectivity index (χ3n) is 5.64. The Kier molecular flexibility index (Phi) is 5.41. The number of pyridine rings is 1. The van der Waals surface area contributed by atoms with Crippen molar-refractivity contribution in [2.24, 2.45) is 0 Å². The molecule has 0 saturated heterocycles. The topological polar surface area (TPSA) is 85.6 Å². The lowest BCUT2D eigenvalue weighted by molar-refractivity contribution is 0.546. The lowest BCUT2D eigenvalue weighted by Crippen LogP contribution is -2.40. The van der Waals surface area contributed by atoms with Crippen molar-refractivity contribution in [3.8, 4) is 0 Å². The van der Waals surface area contributed by atoms with Gasteiger partial charge in [0.1, 0.15) is 11.3 Å². The number of fused-ring (bicyclic) bond motifs is 1. The average molecular weight is 381 g/mol. The number of hydrogen-bond acceptors (Lipinski definition) is 4. The molecule has 1 aliphatic rings. The first-order valence-corrected chi connectivity index (χ1v) is 10.3. The van der Waals surface area contributed by atoms with Crippen LogP contribution in [0.2, 0.25) is 0 Å². The Balaban J connectivity index is 1.71. The fraction of sp³-hybridized carbons (Fsp3) is 0.524. The van der Waals surface area contributed by atoms with Gasteiger partial charge in [-0.2, -0.15) is 0 Å². The van der Waals surface area contributed by atoms with E-state index in [1.54, 1.807) is 10.8 Å². The maximum Gasteiger partial charge on any atom is 0.332 e. The monoisotopic (exact) mass is 381 g/mol. The number of aromatic amines is 1. The summed E-state index contributed by atoms with van der Waals surface area (Å²) >= 11 is 0. The van der Waals surface area contributed by atoms with Crippen molar-refractivity contribution >= 4 is 11.2 Å². The third kappa shape index (κ3) is 3.53. The molecule has 1 N–H and O–H groups in total. The van der Waals surface area contributed by atoms with Crippen molar-refractivity contribution in [1.82, 2.24) is 24.1 Å². The summed E-state index contributed by atoms with van der Waals surface area (Å²) in [5.74, 6) is 1.23. The highest BCUT2D eigenvalue weighted by Crippen LogP contribution is 2.32. The number of aromatic nitrogens is 5. The molecule has 0 unspecified atom stereocenters. The quantitative estimate of drug-likeness (QED) is 0.682. The van der Waals surface area contributed by atoms with Crippen molar-refractivity contribution in [3.05, 3.63) is 56.8 Å². The van der Waals surface area contributed by atoms with Crippen LogP contribution < -0.4 is 11.2 Å². The lowest BCUT2D eigenvalue weighted by Gasteiger charge is -2.10. The van der Waals surface area contributed by atoms with Gasteiger partial charge in [0.15, 0.2) is 5.65 Å². The molecule has 1 saturated carbocycles. The minimum absolute atomic E-state index is 0.248. The molecule has 0 amide bonds. The highest BCUT2D eigenvalue weighted by Gasteiger charge is 2.23. The molecular formula is C21H27N5O2. The maximum absolute atomic E-state index is 13.0. The fourth-order valence-electron chi connectivity index (χ4n) is 4.19. The van der Waals surface area contributed by atoms with Crippen LogP contribution in [0, 0.1) is 0 Å². The third-order valence-corrected chi connectivity index (χ3v) is 5.64. The summed E-state index contributed by atoms with van der Waals surface area (Å²) in [7, 11) is 0. The second-order valence-electron chi connectivity index (χ2n) is 7.66. The number of aryl methyl sites for hydroxylation is 2. The average Bonchev–Trinajstić information content (AvgIpc) is 3.38. The largest absolute Gasteiger partial charge is 0.336 e. The van der Waals surface area contributed by atoms with Crippen molar-refractivity contribution in [3.63, 3.8) is 0 Å². The molecule has 3 aromatic rings. The number of nitrogens with zero attached hydrogens (tertiary/aromatic N) is 4. The molecule has 0 aliphatic heterocycles. The molecular weight excluding hydrogens is 354 g/mol. The molecule has 0 aromatic carbocycles. The minimum atomic E-state index is -0.255. The molecule has 0 bridgehead atoms. The van der Waals surface area contributed by atoms with Gasteiger partial charge >= 0.3 is 5.69 Å². The molecule has 28 heavy (non-hydrogen) atoms. The summed E-state index contributed by atoms with van der Waals surface area (Å²) in [5.41, 5.74) is 1.62. The van der Waals surface area contributed by atoms with E-state index in [-0.39, 0.29) is 11.2 Å². The van der Waals surface area contributed by atoms with Gasteiger partial charge in [-0.3, -0.25) is 18.9 Å². The van der Waals surface area contributed by atoms with E-state index in [0.717, 1.165) is 43.5 Å². The van der Waals surface area contributed by atoms with Crippen molar-refractivity contribution in [2.45, 2.75) is 70.9 Å². The minimum Gasteiger partial charge on any atom is -0.336 e. The Morgan fingerprint density at radius 1 is 1.18 bits per heavy atom. The fourth-order valence-corrected chi connectivity index (χ4v) is 4.19. The number of H-pyrrole nitrogens is 1. The van der Waals surface area contributed by atoms with E-state index in [4.69, 9.17) is 4.98 Å². The van der Waals surface area contributed by atoms with E-state index in [1.807, 2.05) is 25.3 Å². The van der Waals surface area contributed by atoms with Crippen LogP contribution >= 0.6 is 0 Å². The van der Waals surface area contributed by atoms with Crippen LogP contribution in [-0.2, 0) is 19.5 Å². The van der Waals surface area contributed by atoms with E-state index in [2.05, 4.69) is 9.97 Å². The number of rotatable bonds is 7. The summed E-state index contributed by atoms with van der Waals surface area (Å²) in [6.45, 7) is 2.93. The van der Waals surface area contributed by atoms with Crippen molar-refractivity contribution in [1.29, 1.82) is 0 Å². The maximum atomic E-state index is 13.0. The van der Waals surface area contributed by atoms with Gasteiger partial charge in [0.2, 0.25) is 0 Å². The smallest absolute Gasteiger partial charge is 0.332 e. The van der Waals surface area contributed by atoms with Crippen LogP contribution in [0.3, 0.4) is 0 Å². The van der Waals surface area contributed by atoms with Gasteiger partial charge in [0.05, 0.1) is 0 Å². The van der Waals surface area contributed by atoms with Crippen molar-refractivity contribution in [2.75, 3.05) is 0 Å². The molecule has 0 radical (unpaired) electrons.